The Morgan fingerprint density at radius 1 is 1.47 bits per heavy atom. The van der Waals surface area contributed by atoms with Gasteiger partial charge in [0.25, 0.3) is 0 Å². The first kappa shape index (κ1) is 12.4. The number of hydrogen-bond donors (Lipinski definition) is 1. The van der Waals surface area contributed by atoms with Gasteiger partial charge in [-0.05, 0) is 18.1 Å². The topological polar surface area (TPSA) is 44.2 Å². The molecule has 0 saturated carbocycles. The van der Waals surface area contributed by atoms with Crippen LogP contribution in [0.3, 0.4) is 0 Å². The van der Waals surface area contributed by atoms with Crippen LogP contribution in [-0.4, -0.2) is 23.1 Å². The molecule has 1 aliphatic heterocycles. The molecule has 2 rings (SSSR count). The normalized spacial score (nSPS) is 25.4. The summed E-state index contributed by atoms with van der Waals surface area (Å²) < 4.78 is 20.1. The number of nitrogens with one attached hydrogen (secondary N) is 1. The molecule has 0 aliphatic carbocycles. The summed E-state index contributed by atoms with van der Waals surface area (Å²) in [5.74, 6) is 1.09. The summed E-state index contributed by atoms with van der Waals surface area (Å²) in [6.45, 7) is 6.15. The maximum absolute atomic E-state index is 12.2. The summed E-state index contributed by atoms with van der Waals surface area (Å²) in [6.07, 6.45) is 1.15. The molecule has 1 aromatic carbocycles. The first-order valence-corrected chi connectivity index (χ1v) is 7.88. The zero-order chi connectivity index (χ0) is 12.5. The number of rotatable bonds is 3. The van der Waals surface area contributed by atoms with E-state index >= 15 is 0 Å². The molecule has 0 radical (unpaired) electrons. The van der Waals surface area contributed by atoms with Crippen molar-refractivity contribution >= 4 is 15.4 Å². The summed E-state index contributed by atoms with van der Waals surface area (Å²) in [5.41, 5.74) is 0.999. The second-order valence-electron chi connectivity index (χ2n) is 4.81. The highest BCUT2D eigenvalue weighted by Gasteiger charge is 2.25. The van der Waals surface area contributed by atoms with Crippen LogP contribution in [0.25, 0.3) is 0 Å². The maximum Gasteiger partial charge on any atom is 0.0764 e. The molecular weight excluding hydrogens is 232 g/mol. The number of nitrogens with zero attached hydrogens (tertiary/aromatic N) is 1. The lowest BCUT2D eigenvalue weighted by atomic mass is 10.1. The van der Waals surface area contributed by atoms with Crippen LogP contribution in [0.1, 0.15) is 20.3 Å². The maximum atomic E-state index is 12.2. The predicted octanol–water partition coefficient (Wildman–Crippen LogP) is 2.96. The van der Waals surface area contributed by atoms with Crippen molar-refractivity contribution in [1.82, 2.24) is 0 Å². The number of anilines is 1. The Labute approximate surface area is 104 Å². The average molecular weight is 252 g/mol. The molecule has 0 fully saturated rings. The molecule has 1 heterocycles. The number of benzene rings is 1. The predicted molar refractivity (Wildman–Crippen MR) is 72.1 cm³/mol. The molecule has 0 amide bonds. The van der Waals surface area contributed by atoms with Gasteiger partial charge in [-0.3, -0.25) is 0 Å². The fourth-order valence-corrected chi connectivity index (χ4v) is 3.69. The van der Waals surface area contributed by atoms with E-state index in [4.69, 9.17) is 4.78 Å². The van der Waals surface area contributed by atoms with Crippen molar-refractivity contribution in [3.63, 3.8) is 0 Å². The largest absolute Gasteiger partial charge is 0.369 e. The van der Waals surface area contributed by atoms with Crippen molar-refractivity contribution in [2.75, 3.05) is 23.7 Å². The Hall–Kier alpha value is -1.03. The Balaban J connectivity index is 2.35. The van der Waals surface area contributed by atoms with Gasteiger partial charge >= 0.3 is 0 Å². The van der Waals surface area contributed by atoms with Crippen molar-refractivity contribution in [2.24, 2.45) is 5.92 Å². The second kappa shape index (κ2) is 4.69. The zero-order valence-electron chi connectivity index (χ0n) is 10.5. The van der Waals surface area contributed by atoms with Crippen LogP contribution in [0, 0.1) is 10.7 Å². The van der Waals surface area contributed by atoms with Gasteiger partial charge < -0.3 is 4.90 Å². The Morgan fingerprint density at radius 3 is 2.88 bits per heavy atom. The number of fused-ring (bicyclic) bond motifs is 1. The molecule has 2 unspecified atom stereocenters. The smallest absolute Gasteiger partial charge is 0.0764 e. The molecule has 94 valence electrons. The van der Waals surface area contributed by atoms with E-state index in [0.29, 0.717) is 11.7 Å². The van der Waals surface area contributed by atoms with E-state index in [1.807, 2.05) is 24.3 Å². The van der Waals surface area contributed by atoms with E-state index in [2.05, 4.69) is 18.7 Å². The summed E-state index contributed by atoms with van der Waals surface area (Å²) in [6, 6.07) is 7.67. The van der Waals surface area contributed by atoms with E-state index < -0.39 is 9.73 Å². The SMILES string of the molecule is CCC(C)CN1CCS(=N)(=O)c2ccccc21. The van der Waals surface area contributed by atoms with Crippen LogP contribution in [0.5, 0.6) is 0 Å². The van der Waals surface area contributed by atoms with Gasteiger partial charge in [0, 0.05) is 13.1 Å². The Bertz CT molecular complexity index is 496. The Kier molecular flexibility index (Phi) is 3.43. The molecule has 0 spiro atoms. The highest BCUT2D eigenvalue weighted by molar-refractivity contribution is 7.92. The molecule has 0 bridgehead atoms. The molecule has 0 aromatic heterocycles. The Morgan fingerprint density at radius 2 is 2.18 bits per heavy atom. The molecular formula is C13H20N2OS. The van der Waals surface area contributed by atoms with E-state index in [-0.39, 0.29) is 0 Å². The minimum atomic E-state index is -2.56. The minimum absolute atomic E-state index is 0.459. The quantitative estimate of drug-likeness (QED) is 0.899. The lowest BCUT2D eigenvalue weighted by Crippen LogP contribution is -2.37. The molecule has 2 atom stereocenters. The van der Waals surface area contributed by atoms with Crippen molar-refractivity contribution in [3.05, 3.63) is 24.3 Å². The van der Waals surface area contributed by atoms with Crippen molar-refractivity contribution in [3.8, 4) is 0 Å². The van der Waals surface area contributed by atoms with E-state index in [1.54, 1.807) is 0 Å². The molecule has 4 heteroatoms. The minimum Gasteiger partial charge on any atom is -0.369 e. The van der Waals surface area contributed by atoms with Gasteiger partial charge in [0.1, 0.15) is 0 Å². The first-order chi connectivity index (χ1) is 8.04. The average Bonchev–Trinajstić information content (AvgIpc) is 2.33. The van der Waals surface area contributed by atoms with Crippen LogP contribution in [0.2, 0.25) is 0 Å². The zero-order valence-corrected chi connectivity index (χ0v) is 11.3. The third kappa shape index (κ3) is 2.46. The van der Waals surface area contributed by atoms with E-state index in [9.17, 15) is 4.21 Å². The van der Waals surface area contributed by atoms with Gasteiger partial charge in [0.05, 0.1) is 26.1 Å². The van der Waals surface area contributed by atoms with Gasteiger partial charge in [-0.25, -0.2) is 8.99 Å². The molecule has 1 aliphatic rings. The van der Waals surface area contributed by atoms with Gasteiger partial charge in [0.2, 0.25) is 0 Å². The highest BCUT2D eigenvalue weighted by Crippen LogP contribution is 2.31. The fourth-order valence-electron chi connectivity index (χ4n) is 2.16. The third-order valence-corrected chi connectivity index (χ3v) is 5.25. The standard InChI is InChI=1S/C13H20N2OS/c1-3-11(2)10-15-8-9-17(14,16)13-7-5-4-6-12(13)15/h4-7,11,14H,3,8-10H2,1-2H3. The van der Waals surface area contributed by atoms with Crippen molar-refractivity contribution in [1.29, 1.82) is 4.78 Å². The van der Waals surface area contributed by atoms with Gasteiger partial charge in [-0.1, -0.05) is 32.4 Å². The summed E-state index contributed by atoms with van der Waals surface area (Å²) in [4.78, 5) is 3.00. The summed E-state index contributed by atoms with van der Waals surface area (Å²) in [7, 11) is -2.56. The van der Waals surface area contributed by atoms with Crippen molar-refractivity contribution in [2.45, 2.75) is 25.2 Å². The highest BCUT2D eigenvalue weighted by atomic mass is 32.2. The third-order valence-electron chi connectivity index (χ3n) is 3.44. The van der Waals surface area contributed by atoms with Crippen LogP contribution < -0.4 is 4.90 Å². The van der Waals surface area contributed by atoms with Gasteiger partial charge in [-0.2, -0.15) is 0 Å². The monoisotopic (exact) mass is 252 g/mol. The summed E-state index contributed by atoms with van der Waals surface area (Å²) in [5, 5.41) is 0. The lowest BCUT2D eigenvalue weighted by Gasteiger charge is -2.33. The van der Waals surface area contributed by atoms with E-state index in [0.717, 1.165) is 30.1 Å². The fraction of sp³-hybridized carbons (Fsp3) is 0.538. The van der Waals surface area contributed by atoms with Crippen LogP contribution in [-0.2, 0) is 9.73 Å². The number of para-hydroxylation sites is 1. The van der Waals surface area contributed by atoms with Crippen molar-refractivity contribution < 1.29 is 4.21 Å². The van der Waals surface area contributed by atoms with Crippen LogP contribution in [0.15, 0.2) is 29.2 Å². The number of hydrogen-bond acceptors (Lipinski definition) is 3. The van der Waals surface area contributed by atoms with Gasteiger partial charge in [-0.15, -0.1) is 0 Å². The summed E-state index contributed by atoms with van der Waals surface area (Å²) >= 11 is 0. The molecule has 3 nitrogen and oxygen atoms in total. The van der Waals surface area contributed by atoms with E-state index in [1.165, 1.54) is 0 Å². The molecule has 0 saturated heterocycles. The van der Waals surface area contributed by atoms with Crippen LogP contribution >= 0.6 is 0 Å². The van der Waals surface area contributed by atoms with Gasteiger partial charge in [0.15, 0.2) is 0 Å². The molecule has 1 aromatic rings. The second-order valence-corrected chi connectivity index (χ2v) is 7.01. The molecule has 1 N–H and O–H groups in total. The molecule has 17 heavy (non-hydrogen) atoms. The first-order valence-electron chi connectivity index (χ1n) is 6.15. The van der Waals surface area contributed by atoms with Crippen LogP contribution in [0.4, 0.5) is 5.69 Å². The lowest BCUT2D eigenvalue weighted by molar-refractivity contribution is 0.543.